The lowest BCUT2D eigenvalue weighted by Crippen LogP contribution is -2.68. The molecular weight excluding hydrogens is 682 g/mol. The van der Waals surface area contributed by atoms with Crippen molar-refractivity contribution in [3.05, 3.63) is 114 Å². The van der Waals surface area contributed by atoms with Gasteiger partial charge in [0.2, 0.25) is 0 Å². The van der Waals surface area contributed by atoms with Crippen molar-refractivity contribution >= 4 is 85.2 Å². The van der Waals surface area contributed by atoms with Gasteiger partial charge >= 0.3 is 13.6 Å². The van der Waals surface area contributed by atoms with Gasteiger partial charge in [0.05, 0.1) is 10.9 Å². The van der Waals surface area contributed by atoms with Crippen LogP contribution in [0.3, 0.4) is 0 Å². The monoisotopic (exact) mass is 726 g/mol. The Morgan fingerprint density at radius 2 is 1.23 bits per heavy atom. The van der Waals surface area contributed by atoms with Crippen LogP contribution in [0.1, 0.15) is 73.4 Å². The van der Waals surface area contributed by atoms with Gasteiger partial charge < -0.3 is 18.5 Å². The summed E-state index contributed by atoms with van der Waals surface area (Å²) in [7, 11) is 0. The number of ether oxygens (including phenoxy) is 1. The molecule has 0 spiro atoms. The van der Waals surface area contributed by atoms with Crippen molar-refractivity contribution in [1.82, 2.24) is 4.57 Å². The van der Waals surface area contributed by atoms with Gasteiger partial charge in [-0.15, -0.1) is 0 Å². The number of aromatic nitrogens is 1. The largest absolute Gasteiger partial charge is 0.466 e. The SMILES string of the molecule is CC(C)(C)c1ccc2c(c1)B1c3cc4c5ccccc5n(C(C)(C)C)c4cc3-c3cc(C(C)(C)C)cc4c3N1c1c-2ccc2c1B4c1oc3ccccc3c1O2. The Morgan fingerprint density at radius 1 is 0.536 bits per heavy atom. The summed E-state index contributed by atoms with van der Waals surface area (Å²) in [6, 6.07) is 39.2. The molecule has 0 unspecified atom stereocenters. The van der Waals surface area contributed by atoms with Gasteiger partial charge in [-0.3, -0.25) is 0 Å². The summed E-state index contributed by atoms with van der Waals surface area (Å²) in [6.45, 7) is 20.9. The van der Waals surface area contributed by atoms with E-state index in [1.807, 2.05) is 0 Å². The van der Waals surface area contributed by atoms with Crippen molar-refractivity contribution in [1.29, 1.82) is 0 Å². The summed E-state index contributed by atoms with van der Waals surface area (Å²) < 4.78 is 16.5. The van der Waals surface area contributed by atoms with Gasteiger partial charge in [-0.1, -0.05) is 102 Å². The predicted molar refractivity (Wildman–Crippen MR) is 237 cm³/mol. The van der Waals surface area contributed by atoms with Crippen molar-refractivity contribution in [3.63, 3.8) is 0 Å². The second kappa shape index (κ2) is 10.2. The lowest BCUT2D eigenvalue weighted by molar-refractivity contribution is 0.423. The van der Waals surface area contributed by atoms with Crippen LogP contribution in [0, 0.1) is 0 Å². The highest BCUT2D eigenvalue weighted by atomic mass is 16.5. The maximum atomic E-state index is 6.98. The van der Waals surface area contributed by atoms with Gasteiger partial charge in [-0.05, 0) is 113 Å². The van der Waals surface area contributed by atoms with Crippen molar-refractivity contribution in [2.45, 2.75) is 78.7 Å². The van der Waals surface area contributed by atoms with Crippen LogP contribution in [0.4, 0.5) is 11.4 Å². The van der Waals surface area contributed by atoms with Crippen LogP contribution in [-0.4, -0.2) is 18.1 Å². The predicted octanol–water partition coefficient (Wildman–Crippen LogP) is 9.73. The number of hydrogen-bond acceptors (Lipinski definition) is 3. The van der Waals surface area contributed by atoms with E-state index in [1.165, 1.54) is 88.4 Å². The number of anilines is 2. The summed E-state index contributed by atoms with van der Waals surface area (Å²) in [4.78, 5) is 2.71. The summed E-state index contributed by atoms with van der Waals surface area (Å²) in [6.07, 6.45) is 0. The number of hydrogen-bond donors (Lipinski definition) is 0. The Kier molecular flexibility index (Phi) is 5.95. The molecule has 6 heterocycles. The zero-order valence-corrected chi connectivity index (χ0v) is 33.7. The summed E-state index contributed by atoms with van der Waals surface area (Å²) in [5.74, 6) is 1.76. The molecule has 0 radical (unpaired) electrons. The van der Waals surface area contributed by atoms with Crippen LogP contribution in [0.25, 0.3) is 55.0 Å². The number of benzene rings is 6. The van der Waals surface area contributed by atoms with E-state index in [1.54, 1.807) is 0 Å². The number of furan rings is 1. The molecule has 0 saturated carbocycles. The Morgan fingerprint density at radius 3 is 2.00 bits per heavy atom. The molecule has 12 rings (SSSR count). The molecule has 272 valence electrons. The third-order valence-corrected chi connectivity index (χ3v) is 13.2. The Labute approximate surface area is 329 Å². The van der Waals surface area contributed by atoms with Gasteiger partial charge in [0.15, 0.2) is 5.75 Å². The molecule has 6 aromatic carbocycles. The molecule has 0 bridgehead atoms. The average Bonchev–Trinajstić information content (AvgIpc) is 3.70. The van der Waals surface area contributed by atoms with E-state index in [9.17, 15) is 0 Å². The molecule has 56 heavy (non-hydrogen) atoms. The number of fused-ring (bicyclic) bond motifs is 14. The van der Waals surface area contributed by atoms with E-state index in [0.717, 1.165) is 28.1 Å². The Hall–Kier alpha value is -5.61. The fourth-order valence-electron chi connectivity index (χ4n) is 10.6. The number of nitrogens with zero attached hydrogens (tertiary/aromatic N) is 2. The molecule has 4 nitrogen and oxygen atoms in total. The van der Waals surface area contributed by atoms with Crippen LogP contribution < -0.4 is 37.1 Å². The van der Waals surface area contributed by atoms with Crippen molar-refractivity contribution in [2.24, 2.45) is 0 Å². The van der Waals surface area contributed by atoms with Crippen LogP contribution in [0.2, 0.25) is 0 Å². The van der Waals surface area contributed by atoms with Crippen molar-refractivity contribution < 1.29 is 9.15 Å². The zero-order valence-electron chi connectivity index (χ0n) is 33.7. The van der Waals surface area contributed by atoms with E-state index in [-0.39, 0.29) is 29.9 Å². The highest BCUT2D eigenvalue weighted by molar-refractivity contribution is 7.02. The topological polar surface area (TPSA) is 30.5 Å². The first-order valence-electron chi connectivity index (χ1n) is 20.2. The van der Waals surface area contributed by atoms with Gasteiger partial charge in [0, 0.05) is 49.8 Å². The molecule has 6 heteroatoms. The first kappa shape index (κ1) is 32.6. The van der Waals surface area contributed by atoms with E-state index >= 15 is 0 Å². The smallest absolute Gasteiger partial charge is 0.329 e. The van der Waals surface area contributed by atoms with Crippen molar-refractivity contribution in [2.75, 3.05) is 4.81 Å². The molecule has 4 aliphatic heterocycles. The molecule has 0 amide bonds. The van der Waals surface area contributed by atoms with Crippen molar-refractivity contribution in [3.8, 4) is 33.8 Å². The van der Waals surface area contributed by atoms with Gasteiger partial charge in [-0.25, -0.2) is 0 Å². The Balaban J connectivity index is 1.29. The summed E-state index contributed by atoms with van der Waals surface area (Å²) >= 11 is 0. The number of rotatable bonds is 0. The Bertz CT molecular complexity index is 3090. The lowest BCUT2D eigenvalue weighted by atomic mass is 9.32. The highest BCUT2D eigenvalue weighted by Crippen LogP contribution is 2.52. The minimum absolute atomic E-state index is 0.00402. The van der Waals surface area contributed by atoms with Crippen LogP contribution in [-0.2, 0) is 16.4 Å². The average molecular weight is 727 g/mol. The first-order chi connectivity index (χ1) is 26.7. The van der Waals surface area contributed by atoms with Crippen LogP contribution in [0.15, 0.2) is 108 Å². The fourth-order valence-corrected chi connectivity index (χ4v) is 10.6. The number of para-hydroxylation sites is 2. The minimum atomic E-state index is -0.120. The summed E-state index contributed by atoms with van der Waals surface area (Å²) in [5.41, 5.74) is 19.7. The van der Waals surface area contributed by atoms with Gasteiger partial charge in [0.1, 0.15) is 17.0 Å². The molecule has 0 atom stereocenters. The maximum absolute atomic E-state index is 6.98. The lowest BCUT2D eigenvalue weighted by Gasteiger charge is -2.50. The molecule has 0 N–H and O–H groups in total. The molecule has 0 saturated heterocycles. The van der Waals surface area contributed by atoms with Crippen LogP contribution >= 0.6 is 0 Å². The van der Waals surface area contributed by atoms with E-state index < -0.39 is 0 Å². The maximum Gasteiger partial charge on any atom is 0.329 e. The van der Waals surface area contributed by atoms with Gasteiger partial charge in [-0.2, -0.15) is 0 Å². The second-order valence-corrected chi connectivity index (χ2v) is 19.7. The molecular formula is C50H44B2N2O2. The first-order valence-corrected chi connectivity index (χ1v) is 20.2. The third kappa shape index (κ3) is 4.02. The fraction of sp³-hybridized carbons (Fsp3) is 0.240. The van der Waals surface area contributed by atoms with E-state index in [2.05, 4.69) is 175 Å². The second-order valence-electron chi connectivity index (χ2n) is 19.7. The zero-order chi connectivity index (χ0) is 38.4. The molecule has 0 aliphatic carbocycles. The van der Waals surface area contributed by atoms with Crippen LogP contribution in [0.5, 0.6) is 11.5 Å². The van der Waals surface area contributed by atoms with E-state index in [0.29, 0.717) is 0 Å². The summed E-state index contributed by atoms with van der Waals surface area (Å²) in [5, 5.41) is 3.64. The molecule has 2 aromatic heterocycles. The normalized spacial score (nSPS) is 14.9. The molecule has 4 aliphatic rings. The molecule has 0 fully saturated rings. The highest BCUT2D eigenvalue weighted by Gasteiger charge is 2.53. The standard InChI is InChI=1S/C50H44B2N2O2/c1-48(2,3)27-18-19-29-31-20-21-42-43-45(31)54-44-35(22-28(49(4,5)6)24-38(44)51(43)47-46(55-42)32-15-11-13-17-41(32)56-47)33-26-40-34(25-37(33)52(54)36(29)23-27)30-14-10-12-16-39(30)53(40)50(7,8)9/h10-26H,1-9H3. The third-order valence-electron chi connectivity index (χ3n) is 13.2. The van der Waals surface area contributed by atoms with E-state index in [4.69, 9.17) is 9.15 Å². The molecule has 8 aromatic rings. The quantitative estimate of drug-likeness (QED) is 0.146. The van der Waals surface area contributed by atoms with Gasteiger partial charge in [0.25, 0.3) is 0 Å². The minimum Gasteiger partial charge on any atom is -0.466 e.